The number of carbonyl (C=O) groups excluding carboxylic acids is 1. The van der Waals surface area contributed by atoms with Crippen molar-refractivity contribution in [2.45, 2.75) is 13.0 Å². The van der Waals surface area contributed by atoms with Crippen LogP contribution < -0.4 is 11.4 Å². The van der Waals surface area contributed by atoms with Gasteiger partial charge in [-0.25, -0.2) is 23.8 Å². The Morgan fingerprint density at radius 2 is 1.70 bits per heavy atom. The summed E-state index contributed by atoms with van der Waals surface area (Å²) in [4.78, 5) is 39.2. The molecule has 1 amide bonds. The number of halogens is 1. The number of rotatable bonds is 5. The van der Waals surface area contributed by atoms with Crippen molar-refractivity contribution >= 4 is 33.5 Å². The number of nitrogens with zero attached hydrogens (tertiary/aromatic N) is 6. The van der Waals surface area contributed by atoms with Gasteiger partial charge in [-0.1, -0.05) is 30.3 Å². The molecule has 1 unspecified atom stereocenters. The van der Waals surface area contributed by atoms with E-state index < -0.39 is 17.5 Å². The molecule has 3 aromatic carbocycles. The van der Waals surface area contributed by atoms with Gasteiger partial charge in [0.1, 0.15) is 41.2 Å². The second kappa shape index (κ2) is 11.4. The minimum atomic E-state index is -0.716. The molecule has 0 spiro atoms. The van der Waals surface area contributed by atoms with Crippen LogP contribution in [-0.4, -0.2) is 73.8 Å². The highest BCUT2D eigenvalue weighted by Crippen LogP contribution is 2.39. The Labute approximate surface area is 262 Å². The quantitative estimate of drug-likeness (QED) is 0.281. The summed E-state index contributed by atoms with van der Waals surface area (Å²) >= 11 is 0. The first-order valence-corrected chi connectivity index (χ1v) is 14.8. The number of fused-ring (bicyclic) bond motifs is 2. The summed E-state index contributed by atoms with van der Waals surface area (Å²) in [5, 5.41) is 16.3. The largest absolute Gasteiger partial charge is 0.508 e. The summed E-state index contributed by atoms with van der Waals surface area (Å²) in [5.41, 5.74) is 8.56. The fourth-order valence-electron chi connectivity index (χ4n) is 6.07. The van der Waals surface area contributed by atoms with Crippen molar-refractivity contribution < 1.29 is 18.7 Å². The minimum absolute atomic E-state index is 0.0334. The summed E-state index contributed by atoms with van der Waals surface area (Å²) in [6.45, 7) is 4.77. The molecule has 1 fully saturated rings. The number of benzene rings is 3. The molecule has 3 aromatic heterocycles. The Hall–Kier alpha value is -5.62. The molecular formula is C34H30FN7O4. The average Bonchev–Trinajstić information content (AvgIpc) is 3.45. The summed E-state index contributed by atoms with van der Waals surface area (Å²) in [7, 11) is 2.04. The SMILES string of the molecule is CC(c1oc(=O)c2ccccc2c1-c1ccc(C(=O)N2CCN(C)CC2)cc1)n1nc(-c2cc(O)cc(F)c2)c2c(N)ncnc21. The molecule has 232 valence electrons. The molecule has 0 aliphatic carbocycles. The van der Waals surface area contributed by atoms with Crippen molar-refractivity contribution in [3.8, 4) is 28.1 Å². The fraction of sp³-hybridized carbons (Fsp3) is 0.206. The number of nitrogen functional groups attached to an aromatic ring is 1. The van der Waals surface area contributed by atoms with E-state index in [0.29, 0.717) is 51.8 Å². The zero-order chi connectivity index (χ0) is 32.1. The molecule has 0 saturated carbocycles. The lowest BCUT2D eigenvalue weighted by molar-refractivity contribution is 0.0664. The molecule has 1 atom stereocenters. The highest BCUT2D eigenvalue weighted by atomic mass is 19.1. The molecule has 1 saturated heterocycles. The third-order valence-electron chi connectivity index (χ3n) is 8.50. The Balaban J connectivity index is 1.38. The second-order valence-electron chi connectivity index (χ2n) is 11.5. The number of hydrogen-bond donors (Lipinski definition) is 2. The van der Waals surface area contributed by atoms with Crippen molar-refractivity contribution in [1.82, 2.24) is 29.5 Å². The molecule has 0 radical (unpaired) electrons. The number of aromatic nitrogens is 4. The molecule has 6 aromatic rings. The molecule has 12 heteroatoms. The molecular weight excluding hydrogens is 589 g/mol. The van der Waals surface area contributed by atoms with Gasteiger partial charge in [-0.2, -0.15) is 5.10 Å². The van der Waals surface area contributed by atoms with Gasteiger partial charge in [-0.3, -0.25) is 4.79 Å². The van der Waals surface area contributed by atoms with E-state index >= 15 is 0 Å². The predicted molar refractivity (Wildman–Crippen MR) is 172 cm³/mol. The molecule has 11 nitrogen and oxygen atoms in total. The van der Waals surface area contributed by atoms with Crippen molar-refractivity contribution in [3.05, 3.63) is 101 Å². The number of nitrogens with two attached hydrogens (primary N) is 1. The van der Waals surface area contributed by atoms with Crippen LogP contribution in [0.15, 0.2) is 82.3 Å². The second-order valence-corrected chi connectivity index (χ2v) is 11.5. The molecule has 1 aliphatic heterocycles. The number of phenols is 1. The number of carbonyl (C=O) groups is 1. The van der Waals surface area contributed by atoms with Gasteiger partial charge in [-0.15, -0.1) is 0 Å². The average molecular weight is 620 g/mol. The van der Waals surface area contributed by atoms with E-state index in [1.807, 2.05) is 36.2 Å². The highest BCUT2D eigenvalue weighted by molar-refractivity contribution is 6.00. The third-order valence-corrected chi connectivity index (χ3v) is 8.50. The molecule has 46 heavy (non-hydrogen) atoms. The fourth-order valence-corrected chi connectivity index (χ4v) is 6.07. The maximum Gasteiger partial charge on any atom is 0.343 e. The Morgan fingerprint density at radius 1 is 0.978 bits per heavy atom. The highest BCUT2D eigenvalue weighted by Gasteiger charge is 2.27. The van der Waals surface area contributed by atoms with Gasteiger partial charge in [0.05, 0.1) is 10.8 Å². The standard InChI is InChI=1S/C34H30FN7O4/c1-19(42-32-28(31(36)37-18-38-32)29(39-42)22-15-23(35)17-24(43)16-22)30-27(25-5-3-4-6-26(25)34(45)46-30)20-7-9-21(10-8-20)33(44)41-13-11-40(2)12-14-41/h3-10,15-19,43H,11-14H2,1-2H3,(H2,36,37,38). The molecule has 3 N–H and O–H groups in total. The first-order valence-electron chi connectivity index (χ1n) is 14.8. The first-order chi connectivity index (χ1) is 22.2. The summed E-state index contributed by atoms with van der Waals surface area (Å²) in [6.07, 6.45) is 1.29. The Kier molecular flexibility index (Phi) is 7.20. The molecule has 7 rings (SSSR count). The summed E-state index contributed by atoms with van der Waals surface area (Å²) in [6, 6.07) is 17.3. The van der Waals surface area contributed by atoms with E-state index in [9.17, 15) is 19.1 Å². The van der Waals surface area contributed by atoms with Gasteiger partial charge in [0.15, 0.2) is 5.65 Å². The van der Waals surface area contributed by atoms with Gasteiger partial charge < -0.3 is 25.1 Å². The van der Waals surface area contributed by atoms with E-state index in [1.165, 1.54) is 18.5 Å². The van der Waals surface area contributed by atoms with Crippen LogP contribution in [-0.2, 0) is 0 Å². The van der Waals surface area contributed by atoms with Crippen LogP contribution in [0.5, 0.6) is 5.75 Å². The summed E-state index contributed by atoms with van der Waals surface area (Å²) < 4.78 is 21.9. The maximum atomic E-state index is 14.3. The topological polar surface area (TPSA) is 144 Å². The van der Waals surface area contributed by atoms with Crippen molar-refractivity contribution in [2.75, 3.05) is 39.0 Å². The van der Waals surface area contributed by atoms with Gasteiger partial charge in [0.25, 0.3) is 5.91 Å². The molecule has 1 aliphatic rings. The zero-order valence-electron chi connectivity index (χ0n) is 25.1. The van der Waals surface area contributed by atoms with Crippen LogP contribution in [0.1, 0.15) is 29.1 Å². The normalized spacial score (nSPS) is 14.6. The number of aromatic hydroxyl groups is 1. The zero-order valence-corrected chi connectivity index (χ0v) is 25.1. The smallest absolute Gasteiger partial charge is 0.343 e. The van der Waals surface area contributed by atoms with Gasteiger partial charge >= 0.3 is 5.63 Å². The predicted octanol–water partition coefficient (Wildman–Crippen LogP) is 4.69. The van der Waals surface area contributed by atoms with E-state index in [2.05, 4.69) is 14.9 Å². The number of likely N-dealkylation sites (N-methyl/N-ethyl adjacent to an activating group) is 1. The number of piperazine rings is 1. The number of amides is 1. The van der Waals surface area contributed by atoms with Crippen molar-refractivity contribution in [2.24, 2.45) is 0 Å². The minimum Gasteiger partial charge on any atom is -0.508 e. The lowest BCUT2D eigenvalue weighted by Crippen LogP contribution is -2.47. The maximum absolute atomic E-state index is 14.3. The van der Waals surface area contributed by atoms with E-state index in [4.69, 9.17) is 15.2 Å². The van der Waals surface area contributed by atoms with E-state index in [0.717, 1.165) is 24.7 Å². The van der Waals surface area contributed by atoms with Crippen LogP contribution in [0, 0.1) is 5.82 Å². The lowest BCUT2D eigenvalue weighted by Gasteiger charge is -2.32. The number of hydrogen-bond acceptors (Lipinski definition) is 9. The van der Waals surface area contributed by atoms with Crippen LogP contribution in [0.3, 0.4) is 0 Å². The van der Waals surface area contributed by atoms with Gasteiger partial charge in [0.2, 0.25) is 0 Å². The lowest BCUT2D eigenvalue weighted by atomic mass is 9.95. The van der Waals surface area contributed by atoms with Crippen LogP contribution in [0.2, 0.25) is 0 Å². The number of anilines is 1. The van der Waals surface area contributed by atoms with Gasteiger partial charge in [-0.05, 0) is 49.9 Å². The summed E-state index contributed by atoms with van der Waals surface area (Å²) in [5.74, 6) is -0.550. The van der Waals surface area contributed by atoms with Crippen LogP contribution >= 0.6 is 0 Å². The third kappa shape index (κ3) is 5.02. The molecule has 0 bridgehead atoms. The van der Waals surface area contributed by atoms with Crippen molar-refractivity contribution in [1.29, 1.82) is 0 Å². The van der Waals surface area contributed by atoms with Crippen LogP contribution in [0.4, 0.5) is 10.2 Å². The molecule has 4 heterocycles. The van der Waals surface area contributed by atoms with Gasteiger partial charge in [0, 0.05) is 54.3 Å². The Morgan fingerprint density at radius 3 is 2.41 bits per heavy atom. The Bertz CT molecular complexity index is 2170. The van der Waals surface area contributed by atoms with E-state index in [-0.39, 0.29) is 28.7 Å². The van der Waals surface area contributed by atoms with Crippen LogP contribution in [0.25, 0.3) is 44.2 Å². The monoisotopic (exact) mass is 619 g/mol. The number of phenolic OH excluding ortho intramolecular Hbond substituents is 1. The van der Waals surface area contributed by atoms with Crippen molar-refractivity contribution in [3.63, 3.8) is 0 Å². The first kappa shape index (κ1) is 29.1. The van der Waals surface area contributed by atoms with E-state index in [1.54, 1.807) is 35.9 Å².